The van der Waals surface area contributed by atoms with Gasteiger partial charge in [0.05, 0.1) is 17.7 Å². The highest BCUT2D eigenvalue weighted by atomic mass is 35.5. The molecule has 1 saturated heterocycles. The molecule has 0 atom stereocenters. The first-order valence-electron chi connectivity index (χ1n) is 9.23. The van der Waals surface area contributed by atoms with Crippen LogP contribution in [0.5, 0.6) is 0 Å². The highest BCUT2D eigenvalue weighted by Gasteiger charge is 2.30. The molecule has 0 unspecified atom stereocenters. The van der Waals surface area contributed by atoms with Crippen molar-refractivity contribution >= 4 is 39.6 Å². The van der Waals surface area contributed by atoms with Crippen LogP contribution in [0.3, 0.4) is 0 Å². The minimum absolute atomic E-state index is 0.0711. The highest BCUT2D eigenvalue weighted by molar-refractivity contribution is 7.89. The number of methoxy groups -OCH3 is 1. The third kappa shape index (κ3) is 4.89. The second-order valence-electron chi connectivity index (χ2n) is 6.61. The molecule has 0 aromatic heterocycles. The van der Waals surface area contributed by atoms with E-state index in [-0.39, 0.29) is 42.0 Å². The highest BCUT2D eigenvalue weighted by Crippen LogP contribution is 2.25. The van der Waals surface area contributed by atoms with Crippen molar-refractivity contribution in [3.8, 4) is 0 Å². The van der Waals surface area contributed by atoms with E-state index in [1.54, 1.807) is 47.4 Å². The lowest BCUT2D eigenvalue weighted by Gasteiger charge is -2.33. The summed E-state index contributed by atoms with van der Waals surface area (Å²) in [5.41, 5.74) is 1.19. The minimum atomic E-state index is -3.70. The second-order valence-corrected chi connectivity index (χ2v) is 8.92. The number of esters is 1. The van der Waals surface area contributed by atoms with Gasteiger partial charge >= 0.3 is 5.97 Å². The number of carbonyl (C=O) groups is 2. The lowest BCUT2D eigenvalue weighted by atomic mass is 10.1. The van der Waals surface area contributed by atoms with E-state index >= 15 is 0 Å². The average Bonchev–Trinajstić information content (AvgIpc) is 2.77. The fourth-order valence-corrected chi connectivity index (χ4v) is 4.98. The molecule has 1 aliphatic rings. The van der Waals surface area contributed by atoms with Crippen LogP contribution in [0.1, 0.15) is 15.9 Å². The quantitative estimate of drug-likeness (QED) is 0.518. The first-order chi connectivity index (χ1) is 14.3. The van der Waals surface area contributed by atoms with Crippen LogP contribution in [0.25, 0.3) is 6.08 Å². The molecule has 0 aliphatic carbocycles. The Kier molecular flexibility index (Phi) is 6.91. The number of ether oxygens (including phenoxy) is 1. The molecule has 0 saturated carbocycles. The molecule has 2 aromatic rings. The SMILES string of the molecule is COC(=O)c1ccc(/C=C/C(=O)N2CCN(S(=O)(=O)c3ccccc3Cl)CC2)cc1. The number of hydrogen-bond acceptors (Lipinski definition) is 5. The van der Waals surface area contributed by atoms with Crippen LogP contribution in [0.15, 0.2) is 59.5 Å². The molecular weight excluding hydrogens is 428 g/mol. The first kappa shape index (κ1) is 22.0. The van der Waals surface area contributed by atoms with Gasteiger partial charge in [0.15, 0.2) is 0 Å². The van der Waals surface area contributed by atoms with Crippen molar-refractivity contribution in [3.63, 3.8) is 0 Å². The van der Waals surface area contributed by atoms with Crippen LogP contribution >= 0.6 is 11.6 Å². The van der Waals surface area contributed by atoms with E-state index in [1.807, 2.05) is 0 Å². The van der Waals surface area contributed by atoms with Crippen molar-refractivity contribution in [2.75, 3.05) is 33.3 Å². The third-order valence-electron chi connectivity index (χ3n) is 4.75. The minimum Gasteiger partial charge on any atom is -0.465 e. The molecule has 0 radical (unpaired) electrons. The van der Waals surface area contributed by atoms with Crippen molar-refractivity contribution in [1.82, 2.24) is 9.21 Å². The van der Waals surface area contributed by atoms with Gasteiger partial charge in [-0.25, -0.2) is 13.2 Å². The maximum Gasteiger partial charge on any atom is 0.337 e. The molecule has 7 nitrogen and oxygen atoms in total. The summed E-state index contributed by atoms with van der Waals surface area (Å²) in [7, 11) is -2.39. The number of benzene rings is 2. The smallest absolute Gasteiger partial charge is 0.337 e. The number of amides is 1. The fourth-order valence-electron chi connectivity index (χ4n) is 3.06. The lowest BCUT2D eigenvalue weighted by molar-refractivity contribution is -0.127. The van der Waals surface area contributed by atoms with Gasteiger partial charge in [-0.15, -0.1) is 0 Å². The molecule has 2 aromatic carbocycles. The van der Waals surface area contributed by atoms with Crippen LogP contribution < -0.4 is 0 Å². The average molecular weight is 449 g/mol. The normalized spacial score (nSPS) is 15.3. The molecule has 158 valence electrons. The molecule has 1 aliphatic heterocycles. The fraction of sp³-hybridized carbons (Fsp3) is 0.238. The molecule has 3 rings (SSSR count). The summed E-state index contributed by atoms with van der Waals surface area (Å²) in [5, 5.41) is 0.178. The van der Waals surface area contributed by atoms with E-state index < -0.39 is 16.0 Å². The molecular formula is C21H21ClN2O5S. The summed E-state index contributed by atoms with van der Waals surface area (Å²) in [6.07, 6.45) is 3.08. The van der Waals surface area contributed by atoms with Crippen LogP contribution in [0.4, 0.5) is 0 Å². The summed E-state index contributed by atoms with van der Waals surface area (Å²) in [6.45, 7) is 0.962. The van der Waals surface area contributed by atoms with E-state index in [9.17, 15) is 18.0 Å². The second kappa shape index (κ2) is 9.42. The number of piperazine rings is 1. The topological polar surface area (TPSA) is 84.0 Å². The maximum atomic E-state index is 12.8. The maximum absolute atomic E-state index is 12.8. The van der Waals surface area contributed by atoms with Crippen LogP contribution in [0, 0.1) is 0 Å². The van der Waals surface area contributed by atoms with Crippen molar-refractivity contribution in [3.05, 3.63) is 70.8 Å². The Morgan fingerprint density at radius 2 is 1.63 bits per heavy atom. The first-order valence-corrected chi connectivity index (χ1v) is 11.0. The van der Waals surface area contributed by atoms with Crippen LogP contribution in [-0.2, 0) is 19.6 Å². The molecule has 0 N–H and O–H groups in total. The number of rotatable bonds is 5. The van der Waals surface area contributed by atoms with Crippen LogP contribution in [-0.4, -0.2) is 62.8 Å². The Hall–Kier alpha value is -2.68. The predicted octanol–water partition coefficient (Wildman–Crippen LogP) is 2.67. The lowest BCUT2D eigenvalue weighted by Crippen LogP contribution is -2.50. The van der Waals surface area contributed by atoms with E-state index in [0.29, 0.717) is 5.56 Å². The number of nitrogens with zero attached hydrogens (tertiary/aromatic N) is 2. The van der Waals surface area contributed by atoms with Gasteiger partial charge in [0.25, 0.3) is 0 Å². The van der Waals surface area contributed by atoms with Gasteiger partial charge in [0, 0.05) is 32.3 Å². The number of halogens is 1. The van der Waals surface area contributed by atoms with E-state index in [4.69, 9.17) is 11.6 Å². The van der Waals surface area contributed by atoms with E-state index in [0.717, 1.165) is 5.56 Å². The predicted molar refractivity (Wildman–Crippen MR) is 114 cm³/mol. The van der Waals surface area contributed by atoms with Crippen molar-refractivity contribution in [1.29, 1.82) is 0 Å². The zero-order valence-electron chi connectivity index (χ0n) is 16.3. The Bertz CT molecular complexity index is 1060. The molecule has 0 spiro atoms. The summed E-state index contributed by atoms with van der Waals surface area (Å²) in [4.78, 5) is 25.6. The summed E-state index contributed by atoms with van der Waals surface area (Å²) < 4.78 is 31.6. The summed E-state index contributed by atoms with van der Waals surface area (Å²) >= 11 is 6.04. The molecule has 30 heavy (non-hydrogen) atoms. The molecule has 1 amide bonds. The Morgan fingerprint density at radius 1 is 1.00 bits per heavy atom. The van der Waals surface area contributed by atoms with Crippen LogP contribution in [0.2, 0.25) is 5.02 Å². The largest absolute Gasteiger partial charge is 0.465 e. The van der Waals surface area contributed by atoms with Gasteiger partial charge in [-0.1, -0.05) is 35.9 Å². The van der Waals surface area contributed by atoms with Gasteiger partial charge in [-0.3, -0.25) is 4.79 Å². The Morgan fingerprint density at radius 3 is 2.23 bits per heavy atom. The molecule has 9 heteroatoms. The van der Waals surface area contributed by atoms with Crippen molar-refractivity contribution < 1.29 is 22.7 Å². The molecule has 1 heterocycles. The summed E-state index contributed by atoms with van der Waals surface area (Å²) in [5.74, 6) is -0.631. The van der Waals surface area contributed by atoms with E-state index in [1.165, 1.54) is 29.6 Å². The number of carbonyl (C=O) groups excluding carboxylic acids is 2. The van der Waals surface area contributed by atoms with Gasteiger partial charge < -0.3 is 9.64 Å². The zero-order valence-corrected chi connectivity index (χ0v) is 17.9. The Labute approximate surface area is 180 Å². The molecule has 0 bridgehead atoms. The van der Waals surface area contributed by atoms with Gasteiger partial charge in [-0.05, 0) is 35.9 Å². The van der Waals surface area contributed by atoms with Gasteiger partial charge in [0.2, 0.25) is 15.9 Å². The van der Waals surface area contributed by atoms with Gasteiger partial charge in [0.1, 0.15) is 4.90 Å². The summed E-state index contributed by atoms with van der Waals surface area (Å²) in [6, 6.07) is 13.0. The van der Waals surface area contributed by atoms with Gasteiger partial charge in [-0.2, -0.15) is 4.31 Å². The monoisotopic (exact) mass is 448 g/mol. The number of sulfonamides is 1. The molecule has 1 fully saturated rings. The number of hydrogen-bond donors (Lipinski definition) is 0. The standard InChI is InChI=1S/C21H21ClN2O5S/c1-29-21(26)17-9-6-16(7-10-17)8-11-20(25)23-12-14-24(15-13-23)30(27,28)19-5-3-2-4-18(19)22/h2-11H,12-15H2,1H3/b11-8+. The zero-order chi connectivity index (χ0) is 21.7. The van der Waals surface area contributed by atoms with E-state index in [2.05, 4.69) is 4.74 Å². The van der Waals surface area contributed by atoms with Crippen molar-refractivity contribution in [2.45, 2.75) is 4.90 Å². The third-order valence-corrected chi connectivity index (χ3v) is 7.15. The van der Waals surface area contributed by atoms with Crippen molar-refractivity contribution in [2.24, 2.45) is 0 Å². The Balaban J connectivity index is 1.59.